The molecule has 128 valence electrons. The molecule has 2 aromatic rings. The van der Waals surface area contributed by atoms with Crippen LogP contribution in [0.15, 0.2) is 24.3 Å². The second kappa shape index (κ2) is 6.91. The molecule has 1 aliphatic rings. The molecule has 1 saturated heterocycles. The minimum atomic E-state index is 0.232. The van der Waals surface area contributed by atoms with Gasteiger partial charge in [0, 0.05) is 22.6 Å². The number of nitrogens with zero attached hydrogens (tertiary/aromatic N) is 1. The van der Waals surface area contributed by atoms with Gasteiger partial charge in [0.25, 0.3) is 0 Å². The van der Waals surface area contributed by atoms with E-state index in [2.05, 4.69) is 43.5 Å². The first-order valence-electron chi connectivity index (χ1n) is 8.68. The first-order chi connectivity index (χ1) is 11.5. The smallest absolute Gasteiger partial charge is 0.218 e. The van der Waals surface area contributed by atoms with Crippen LogP contribution in [0.5, 0.6) is 0 Å². The second-order valence-electron chi connectivity index (χ2n) is 6.93. The Morgan fingerprint density at radius 3 is 2.29 bits per heavy atom. The van der Waals surface area contributed by atoms with Crippen LogP contribution in [0, 0.1) is 27.7 Å². The molecule has 0 spiro atoms. The number of hydrogen-bond acceptors (Lipinski definition) is 2. The number of morpholine rings is 1. The van der Waals surface area contributed by atoms with Crippen molar-refractivity contribution >= 4 is 5.78 Å². The maximum absolute atomic E-state index is 12.8. The Balaban J connectivity index is 1.89. The normalized spacial score (nSPS) is 15.7. The quantitative estimate of drug-likeness (QED) is 0.870. The highest BCUT2D eigenvalue weighted by Crippen LogP contribution is 2.22. The molecule has 1 fully saturated rings. The predicted molar refractivity (Wildman–Crippen MR) is 95.4 cm³/mol. The molecule has 2 heterocycles. The molecule has 1 N–H and O–H groups in total. The maximum Gasteiger partial charge on any atom is 0.218 e. The van der Waals surface area contributed by atoms with Gasteiger partial charge in [-0.05, 0) is 57.0 Å². The number of carbonyl (C=O) groups is 1. The summed E-state index contributed by atoms with van der Waals surface area (Å²) in [4.78, 5) is 14.1. The van der Waals surface area contributed by atoms with Gasteiger partial charge in [-0.3, -0.25) is 4.79 Å². The third-order valence-corrected chi connectivity index (χ3v) is 4.81. The number of nitrogens with one attached hydrogen (secondary N) is 1. The summed E-state index contributed by atoms with van der Waals surface area (Å²) >= 11 is 0. The van der Waals surface area contributed by atoms with Crippen LogP contribution in [-0.2, 0) is 4.74 Å². The fourth-order valence-corrected chi connectivity index (χ4v) is 3.68. The molecular weight excluding hydrogens is 300 g/mol. The topological polar surface area (TPSA) is 35.7 Å². The Morgan fingerprint density at radius 2 is 1.67 bits per heavy atom. The van der Waals surface area contributed by atoms with Crippen LogP contribution < -0.4 is 4.90 Å². The van der Waals surface area contributed by atoms with Crippen LogP contribution in [0.1, 0.15) is 32.9 Å². The number of aromatic nitrogens is 1. The molecule has 0 aliphatic carbocycles. The van der Waals surface area contributed by atoms with Crippen LogP contribution in [0.2, 0.25) is 0 Å². The third kappa shape index (κ3) is 3.45. The Bertz CT molecular complexity index is 735. The summed E-state index contributed by atoms with van der Waals surface area (Å²) in [5.41, 5.74) is 6.62. The Kier molecular flexibility index (Phi) is 4.88. The average molecular weight is 327 g/mol. The highest BCUT2D eigenvalue weighted by Gasteiger charge is 2.22. The largest absolute Gasteiger partial charge is 0.370 e. The first-order valence-corrected chi connectivity index (χ1v) is 8.68. The minimum absolute atomic E-state index is 0.232. The van der Waals surface area contributed by atoms with E-state index in [4.69, 9.17) is 4.74 Å². The number of hydrogen-bond donors (Lipinski definition) is 1. The summed E-state index contributed by atoms with van der Waals surface area (Å²) in [7, 11) is 0. The number of quaternary nitrogens is 1. The number of rotatable bonds is 4. The molecule has 4 heteroatoms. The van der Waals surface area contributed by atoms with Gasteiger partial charge < -0.3 is 14.2 Å². The molecule has 0 bridgehead atoms. The first kappa shape index (κ1) is 16.9. The van der Waals surface area contributed by atoms with E-state index in [0.717, 1.165) is 48.9 Å². The Labute approximate surface area is 144 Å². The van der Waals surface area contributed by atoms with Gasteiger partial charge in [-0.25, -0.2) is 0 Å². The Hall–Kier alpha value is -1.91. The molecule has 0 amide bonds. The minimum Gasteiger partial charge on any atom is -0.370 e. The lowest BCUT2D eigenvalue weighted by atomic mass is 10.1. The molecule has 0 atom stereocenters. The number of Topliss-reactive ketones (excluding diaryl/α,β-unsaturated/α-hetero) is 1. The third-order valence-electron chi connectivity index (χ3n) is 4.81. The number of carbonyl (C=O) groups excluding carboxylic acids is 1. The predicted octanol–water partition coefficient (Wildman–Crippen LogP) is 1.81. The van der Waals surface area contributed by atoms with Gasteiger partial charge in [0.05, 0.1) is 13.2 Å². The second-order valence-corrected chi connectivity index (χ2v) is 6.93. The zero-order valence-corrected chi connectivity index (χ0v) is 15.1. The van der Waals surface area contributed by atoms with Gasteiger partial charge in [0.2, 0.25) is 5.78 Å². The lowest BCUT2D eigenvalue weighted by Crippen LogP contribution is -3.14. The van der Waals surface area contributed by atoms with Crippen molar-refractivity contribution in [3.8, 4) is 5.69 Å². The zero-order valence-electron chi connectivity index (χ0n) is 15.1. The van der Waals surface area contributed by atoms with Crippen molar-refractivity contribution in [2.24, 2.45) is 0 Å². The van der Waals surface area contributed by atoms with E-state index in [-0.39, 0.29) is 5.78 Å². The highest BCUT2D eigenvalue weighted by atomic mass is 16.5. The summed E-state index contributed by atoms with van der Waals surface area (Å²) in [6.07, 6.45) is 0. The van der Waals surface area contributed by atoms with Crippen LogP contribution in [0.4, 0.5) is 0 Å². The van der Waals surface area contributed by atoms with E-state index in [0.29, 0.717) is 6.54 Å². The van der Waals surface area contributed by atoms with Gasteiger partial charge in [0.1, 0.15) is 19.6 Å². The zero-order chi connectivity index (χ0) is 17.3. The summed E-state index contributed by atoms with van der Waals surface area (Å²) in [6.45, 7) is 12.2. The molecule has 3 rings (SSSR count). The van der Waals surface area contributed by atoms with E-state index < -0.39 is 0 Å². The van der Waals surface area contributed by atoms with Crippen molar-refractivity contribution in [3.63, 3.8) is 0 Å². The van der Waals surface area contributed by atoms with Crippen molar-refractivity contribution in [1.29, 1.82) is 0 Å². The number of benzene rings is 1. The van der Waals surface area contributed by atoms with Crippen molar-refractivity contribution in [1.82, 2.24) is 4.57 Å². The molecular formula is C20H27N2O2+. The molecule has 0 radical (unpaired) electrons. The fraction of sp³-hybridized carbons (Fsp3) is 0.450. The number of aryl methyl sites for hydroxylation is 3. The Morgan fingerprint density at radius 1 is 1.04 bits per heavy atom. The van der Waals surface area contributed by atoms with Crippen LogP contribution >= 0.6 is 0 Å². The lowest BCUT2D eigenvalue weighted by Gasteiger charge is -2.23. The van der Waals surface area contributed by atoms with Crippen LogP contribution in [0.3, 0.4) is 0 Å². The lowest BCUT2D eigenvalue weighted by molar-refractivity contribution is -0.899. The molecule has 0 saturated carbocycles. The summed E-state index contributed by atoms with van der Waals surface area (Å²) in [5.74, 6) is 0.232. The van der Waals surface area contributed by atoms with Crippen molar-refractivity contribution in [3.05, 3.63) is 52.3 Å². The fourth-order valence-electron chi connectivity index (χ4n) is 3.68. The van der Waals surface area contributed by atoms with Crippen LogP contribution in [0.25, 0.3) is 5.69 Å². The van der Waals surface area contributed by atoms with Crippen molar-refractivity contribution < 1.29 is 14.4 Å². The average Bonchev–Trinajstić information content (AvgIpc) is 2.82. The standard InChI is InChI=1S/C20H26N2O2/c1-14-9-15(2)11-18(10-14)22-16(3)12-19(17(22)4)20(23)13-21-5-7-24-8-6-21/h9-12H,5-8,13H2,1-4H3/p+1. The molecule has 4 nitrogen and oxygen atoms in total. The number of ether oxygens (including phenoxy) is 1. The van der Waals surface area contributed by atoms with E-state index in [9.17, 15) is 4.79 Å². The van der Waals surface area contributed by atoms with E-state index in [1.54, 1.807) is 0 Å². The van der Waals surface area contributed by atoms with E-state index >= 15 is 0 Å². The summed E-state index contributed by atoms with van der Waals surface area (Å²) in [5, 5.41) is 0. The van der Waals surface area contributed by atoms with Gasteiger partial charge in [-0.2, -0.15) is 0 Å². The molecule has 1 aromatic carbocycles. The molecule has 1 aliphatic heterocycles. The van der Waals surface area contributed by atoms with Crippen LogP contribution in [-0.4, -0.2) is 43.2 Å². The van der Waals surface area contributed by atoms with Crippen molar-refractivity contribution in [2.75, 3.05) is 32.8 Å². The van der Waals surface area contributed by atoms with E-state index in [1.807, 2.05) is 13.0 Å². The molecule has 0 unspecified atom stereocenters. The summed E-state index contributed by atoms with van der Waals surface area (Å²) < 4.78 is 7.57. The van der Waals surface area contributed by atoms with Gasteiger partial charge >= 0.3 is 0 Å². The van der Waals surface area contributed by atoms with E-state index in [1.165, 1.54) is 16.0 Å². The van der Waals surface area contributed by atoms with Gasteiger partial charge in [-0.15, -0.1) is 0 Å². The summed E-state index contributed by atoms with van der Waals surface area (Å²) in [6, 6.07) is 8.56. The van der Waals surface area contributed by atoms with Gasteiger partial charge in [-0.1, -0.05) is 6.07 Å². The molecule has 24 heavy (non-hydrogen) atoms. The molecule has 1 aromatic heterocycles. The SMILES string of the molecule is Cc1cc(C)cc(-n2c(C)cc(C(=O)C[NH+]3CCOCC3)c2C)c1. The number of ketones is 1. The van der Waals surface area contributed by atoms with Crippen molar-refractivity contribution in [2.45, 2.75) is 27.7 Å². The van der Waals surface area contributed by atoms with Gasteiger partial charge in [0.15, 0.2) is 0 Å². The highest BCUT2D eigenvalue weighted by molar-refractivity contribution is 5.98. The maximum atomic E-state index is 12.8. The monoisotopic (exact) mass is 327 g/mol.